The molecular weight excluding hydrogens is 787 g/mol. The van der Waals surface area contributed by atoms with E-state index < -0.39 is 6.29 Å². The molecular formula is C55H41N9. The van der Waals surface area contributed by atoms with E-state index in [-0.39, 0.29) is 5.84 Å². The first kappa shape index (κ1) is 37.3. The van der Waals surface area contributed by atoms with Gasteiger partial charge in [-0.25, -0.2) is 0 Å². The molecule has 0 radical (unpaired) electrons. The molecule has 9 heteroatoms. The van der Waals surface area contributed by atoms with E-state index in [0.717, 1.165) is 111 Å². The Morgan fingerprint density at radius 3 is 1.92 bits per heavy atom. The van der Waals surface area contributed by atoms with Gasteiger partial charge in [0.2, 0.25) is 0 Å². The maximum Gasteiger partial charge on any atom is 0.141 e. The number of amidine groups is 1. The minimum atomic E-state index is -0.803. The summed E-state index contributed by atoms with van der Waals surface area (Å²) in [5.41, 5.74) is 33.6. The zero-order chi connectivity index (χ0) is 43.2. The molecule has 4 aromatic heterocycles. The molecule has 5 heterocycles. The molecule has 0 aliphatic carbocycles. The van der Waals surface area contributed by atoms with Crippen LogP contribution in [0, 0.1) is 5.41 Å². The molecule has 0 unspecified atom stereocenters. The number of nitrogens with zero attached hydrogens (tertiary/aromatic N) is 5. The average molecular weight is 828 g/mol. The van der Waals surface area contributed by atoms with Gasteiger partial charge in [0, 0.05) is 61.3 Å². The van der Waals surface area contributed by atoms with Crippen LogP contribution in [0.15, 0.2) is 189 Å². The summed E-state index contributed by atoms with van der Waals surface area (Å²) in [6.07, 6.45) is 5.27. The number of nitrogen functional groups attached to an aromatic ring is 1. The molecule has 7 aromatic carbocycles. The number of aromatic nitrogens is 4. The van der Waals surface area contributed by atoms with Gasteiger partial charge >= 0.3 is 0 Å². The van der Waals surface area contributed by atoms with E-state index >= 15 is 0 Å². The number of pyridine rings is 1. The molecule has 0 saturated carbocycles. The number of nitrogens with one attached hydrogen (secondary N) is 1. The Morgan fingerprint density at radius 2 is 1.17 bits per heavy atom. The van der Waals surface area contributed by atoms with Gasteiger partial charge in [0.25, 0.3) is 0 Å². The summed E-state index contributed by atoms with van der Waals surface area (Å²) >= 11 is 0. The third-order valence-electron chi connectivity index (χ3n) is 12.7. The third-order valence-corrected chi connectivity index (χ3v) is 12.7. The van der Waals surface area contributed by atoms with E-state index in [1.54, 1.807) is 6.20 Å². The Hall–Kier alpha value is -8.50. The van der Waals surface area contributed by atoms with Crippen LogP contribution in [-0.2, 0) is 0 Å². The molecule has 1 aliphatic heterocycles. The molecule has 0 amide bonds. The Balaban J connectivity index is 1.27. The zero-order valence-corrected chi connectivity index (χ0v) is 34.7. The number of para-hydroxylation sites is 4. The lowest BCUT2D eigenvalue weighted by molar-refractivity contribution is 0.580. The fourth-order valence-electron chi connectivity index (χ4n) is 9.97. The van der Waals surface area contributed by atoms with Crippen molar-refractivity contribution in [2.24, 2.45) is 17.2 Å². The van der Waals surface area contributed by atoms with E-state index in [2.05, 4.69) is 187 Å². The molecule has 0 bridgehead atoms. The monoisotopic (exact) mass is 827 g/mol. The second-order valence-corrected chi connectivity index (χ2v) is 16.3. The molecule has 64 heavy (non-hydrogen) atoms. The summed E-state index contributed by atoms with van der Waals surface area (Å²) in [7, 11) is 0. The highest BCUT2D eigenvalue weighted by atomic mass is 15.3. The van der Waals surface area contributed by atoms with Crippen LogP contribution in [0.1, 0.15) is 23.1 Å². The minimum absolute atomic E-state index is 0.0744. The Morgan fingerprint density at radius 1 is 0.547 bits per heavy atom. The fourth-order valence-corrected chi connectivity index (χ4v) is 9.97. The second kappa shape index (κ2) is 14.3. The number of rotatable bonds is 6. The first-order valence-electron chi connectivity index (χ1n) is 21.2. The number of allylic oxidation sites excluding steroid dienone is 2. The van der Waals surface area contributed by atoms with Crippen molar-refractivity contribution in [3.63, 3.8) is 0 Å². The summed E-state index contributed by atoms with van der Waals surface area (Å²) in [6.45, 7) is 4.76. The predicted octanol–water partition coefficient (Wildman–Crippen LogP) is 12.1. The minimum Gasteiger partial charge on any atom is -0.382 e. The summed E-state index contributed by atoms with van der Waals surface area (Å²) in [6, 6.07) is 59.4. The number of hydrogen-bond donors (Lipinski definition) is 4. The van der Waals surface area contributed by atoms with Crippen molar-refractivity contribution in [1.29, 1.82) is 5.41 Å². The van der Waals surface area contributed by atoms with Crippen LogP contribution < -0.4 is 22.1 Å². The topological polar surface area (TPSA) is 133 Å². The van der Waals surface area contributed by atoms with Gasteiger partial charge in [0.15, 0.2) is 0 Å². The summed E-state index contributed by atoms with van der Waals surface area (Å²) in [4.78, 5) is 6.77. The van der Waals surface area contributed by atoms with Crippen LogP contribution in [0.4, 0.5) is 17.2 Å². The molecule has 12 rings (SSSR count). The largest absolute Gasteiger partial charge is 0.382 e. The van der Waals surface area contributed by atoms with Gasteiger partial charge in [-0.15, -0.1) is 0 Å². The number of anilines is 3. The lowest BCUT2D eigenvalue weighted by Gasteiger charge is -2.32. The first-order valence-corrected chi connectivity index (χ1v) is 21.2. The van der Waals surface area contributed by atoms with Crippen LogP contribution >= 0.6 is 0 Å². The van der Waals surface area contributed by atoms with Crippen LogP contribution in [-0.4, -0.2) is 24.5 Å². The van der Waals surface area contributed by atoms with Crippen molar-refractivity contribution in [1.82, 2.24) is 18.7 Å². The van der Waals surface area contributed by atoms with E-state index in [1.807, 2.05) is 18.2 Å². The molecule has 1 aliphatic rings. The third kappa shape index (κ3) is 5.45. The van der Waals surface area contributed by atoms with E-state index in [0.29, 0.717) is 5.69 Å². The highest BCUT2D eigenvalue weighted by molar-refractivity contribution is 6.22. The quantitative estimate of drug-likeness (QED) is 0.0752. The van der Waals surface area contributed by atoms with Crippen molar-refractivity contribution in [2.45, 2.75) is 6.29 Å². The molecule has 9 nitrogen and oxygen atoms in total. The number of fused-ring (bicyclic) bond motifs is 12. The van der Waals surface area contributed by atoms with Gasteiger partial charge in [-0.05, 0) is 77.4 Å². The van der Waals surface area contributed by atoms with Crippen molar-refractivity contribution in [3.05, 3.63) is 206 Å². The van der Waals surface area contributed by atoms with Gasteiger partial charge < -0.3 is 14.9 Å². The van der Waals surface area contributed by atoms with Gasteiger partial charge in [0.1, 0.15) is 23.6 Å². The van der Waals surface area contributed by atoms with Gasteiger partial charge in [-0.3, -0.25) is 31.3 Å². The average Bonchev–Trinajstić information content (AvgIpc) is 3.97. The standard InChI is InChI=1S/C55H41N9/c1-33-23-24-45-44-28-27-43-41-20-9-11-22-48(41)64(55(58)59)52(43)51(44)63(37-16-6-3-7-17-37)54(45)62(36-14-4-2-5-15-36)49-39(33)25-26-42-40-19-8-10-21-47(40)61(50(42)49)38-18-12-13-34(31-38)35-29-30-60-46(32-35)53(56)57/h2-32,55H,1,58-59H2,(H3,56,57)/b24-23-. The number of benzene rings is 7. The number of hydrogen-bond acceptors (Lipinski definition) is 5. The SMILES string of the molecule is C=C1/C=C\c2c(n(-c3ccccc3)c3c2ccc2c4ccccc4n(C(N)N)c23)N(c2ccccc2)c2c1ccc1c3ccccc3n(-c3cccc(-c4ccnc(C(=N)N)c4)c3)c21. The van der Waals surface area contributed by atoms with Crippen LogP contribution in [0.3, 0.4) is 0 Å². The Labute approximate surface area is 368 Å². The smallest absolute Gasteiger partial charge is 0.141 e. The molecule has 306 valence electrons. The van der Waals surface area contributed by atoms with Gasteiger partial charge in [-0.1, -0.05) is 128 Å². The molecule has 0 spiro atoms. The summed E-state index contributed by atoms with van der Waals surface area (Å²) in [5.74, 6) is 0.883. The normalized spacial score (nSPS) is 13.2. The van der Waals surface area contributed by atoms with Crippen LogP contribution in [0.5, 0.6) is 0 Å². The highest BCUT2D eigenvalue weighted by Crippen LogP contribution is 2.53. The van der Waals surface area contributed by atoms with Crippen LogP contribution in [0.25, 0.3) is 88.7 Å². The van der Waals surface area contributed by atoms with Crippen molar-refractivity contribution in [2.75, 3.05) is 4.90 Å². The Kier molecular flexibility index (Phi) is 8.32. The number of nitrogens with two attached hydrogens (primary N) is 3. The summed E-state index contributed by atoms with van der Waals surface area (Å²) < 4.78 is 6.85. The van der Waals surface area contributed by atoms with Crippen molar-refractivity contribution in [3.8, 4) is 22.5 Å². The van der Waals surface area contributed by atoms with Crippen LogP contribution in [0.2, 0.25) is 0 Å². The molecule has 7 N–H and O–H groups in total. The molecule has 0 saturated heterocycles. The van der Waals surface area contributed by atoms with Gasteiger partial charge in [-0.2, -0.15) is 0 Å². The fraction of sp³-hybridized carbons (Fsp3) is 0.0182. The maximum atomic E-state index is 8.09. The van der Waals surface area contributed by atoms with Gasteiger partial charge in [0.05, 0.1) is 33.3 Å². The molecule has 0 fully saturated rings. The second-order valence-electron chi connectivity index (χ2n) is 16.3. The lowest BCUT2D eigenvalue weighted by Crippen LogP contribution is -2.27. The molecule has 0 atom stereocenters. The van der Waals surface area contributed by atoms with E-state index in [4.69, 9.17) is 29.2 Å². The highest BCUT2D eigenvalue weighted by Gasteiger charge is 2.33. The predicted molar refractivity (Wildman–Crippen MR) is 265 cm³/mol. The molecule has 11 aromatic rings. The van der Waals surface area contributed by atoms with Crippen molar-refractivity contribution >= 4 is 89.2 Å². The summed E-state index contributed by atoms with van der Waals surface area (Å²) in [5, 5.41) is 13.5. The zero-order valence-electron chi connectivity index (χ0n) is 34.7. The lowest BCUT2D eigenvalue weighted by atomic mass is 9.97. The van der Waals surface area contributed by atoms with E-state index in [9.17, 15) is 0 Å². The van der Waals surface area contributed by atoms with Crippen molar-refractivity contribution < 1.29 is 0 Å². The maximum absolute atomic E-state index is 8.09. The van der Waals surface area contributed by atoms with E-state index in [1.165, 1.54) is 0 Å². The Bertz CT molecular complexity index is 3760. The first-order chi connectivity index (χ1) is 31.4.